The average molecular weight is 564 g/mol. The molecule has 0 amide bonds. The summed E-state index contributed by atoms with van der Waals surface area (Å²) in [6.45, 7) is 5.19. The van der Waals surface area contributed by atoms with Gasteiger partial charge in [-0.15, -0.1) is 0 Å². The SMILES string of the molecule is COC(=O)C1=C(CCN2CCCCC2)N(C)C(CCN2CCCCC2)=C(C(=O)O)C1c1ccc(C(F)(F)F)cc1. The van der Waals surface area contributed by atoms with Crippen molar-refractivity contribution in [1.82, 2.24) is 14.7 Å². The Balaban J connectivity index is 1.80. The van der Waals surface area contributed by atoms with E-state index in [1.54, 1.807) is 7.05 Å². The van der Waals surface area contributed by atoms with Gasteiger partial charge in [0.15, 0.2) is 0 Å². The lowest BCUT2D eigenvalue weighted by molar-refractivity contribution is -0.138. The first-order valence-corrected chi connectivity index (χ1v) is 14.2. The van der Waals surface area contributed by atoms with Gasteiger partial charge in [0.25, 0.3) is 0 Å². The van der Waals surface area contributed by atoms with Crippen molar-refractivity contribution < 1.29 is 32.6 Å². The van der Waals surface area contributed by atoms with E-state index in [2.05, 4.69) is 9.80 Å². The van der Waals surface area contributed by atoms with Crippen LogP contribution >= 0.6 is 0 Å². The van der Waals surface area contributed by atoms with Gasteiger partial charge >= 0.3 is 18.1 Å². The number of carbonyl (C=O) groups excluding carboxylic acids is 1. The summed E-state index contributed by atoms with van der Waals surface area (Å²) in [5, 5.41) is 10.5. The molecule has 0 spiro atoms. The maximum Gasteiger partial charge on any atom is 0.416 e. The molecular weight excluding hydrogens is 523 g/mol. The Morgan fingerprint density at radius 2 is 1.32 bits per heavy atom. The van der Waals surface area contributed by atoms with E-state index in [1.165, 1.54) is 32.1 Å². The third kappa shape index (κ3) is 6.89. The number of piperidine rings is 2. The molecule has 0 saturated carbocycles. The first kappa shape index (κ1) is 30.1. The maximum atomic E-state index is 13.4. The minimum atomic E-state index is -4.53. The van der Waals surface area contributed by atoms with Crippen molar-refractivity contribution in [3.63, 3.8) is 0 Å². The number of carboxylic acid groups (broad SMARTS) is 1. The van der Waals surface area contributed by atoms with Crippen LogP contribution in [0.25, 0.3) is 0 Å². The molecule has 220 valence electrons. The Labute approximate surface area is 234 Å². The summed E-state index contributed by atoms with van der Waals surface area (Å²) >= 11 is 0. The predicted molar refractivity (Wildman–Crippen MR) is 145 cm³/mol. The highest BCUT2D eigenvalue weighted by Crippen LogP contribution is 2.44. The number of likely N-dealkylation sites (tertiary alicyclic amines) is 2. The van der Waals surface area contributed by atoms with E-state index < -0.39 is 29.6 Å². The first-order valence-electron chi connectivity index (χ1n) is 14.2. The molecule has 3 aliphatic rings. The van der Waals surface area contributed by atoms with E-state index in [9.17, 15) is 27.9 Å². The van der Waals surface area contributed by atoms with E-state index in [0.717, 1.165) is 64.0 Å². The molecule has 0 radical (unpaired) electrons. The molecule has 2 saturated heterocycles. The van der Waals surface area contributed by atoms with Gasteiger partial charge in [0.1, 0.15) is 0 Å². The van der Waals surface area contributed by atoms with Crippen molar-refractivity contribution in [3.05, 3.63) is 57.9 Å². The van der Waals surface area contributed by atoms with Gasteiger partial charge in [-0.2, -0.15) is 13.2 Å². The number of esters is 1. The molecule has 40 heavy (non-hydrogen) atoms. The van der Waals surface area contributed by atoms with Crippen molar-refractivity contribution in [2.75, 3.05) is 53.4 Å². The average Bonchev–Trinajstić information content (AvgIpc) is 2.95. The number of rotatable bonds is 9. The third-order valence-corrected chi connectivity index (χ3v) is 8.44. The highest BCUT2D eigenvalue weighted by atomic mass is 19.4. The monoisotopic (exact) mass is 563 g/mol. The molecule has 0 aromatic heterocycles. The minimum Gasteiger partial charge on any atom is -0.478 e. The fraction of sp³-hybridized carbons (Fsp3) is 0.600. The van der Waals surface area contributed by atoms with Crippen LogP contribution in [0.15, 0.2) is 46.8 Å². The van der Waals surface area contributed by atoms with Gasteiger partial charge in [-0.3, -0.25) is 0 Å². The number of ether oxygens (including phenoxy) is 1. The van der Waals surface area contributed by atoms with Crippen LogP contribution in [-0.4, -0.2) is 85.2 Å². The summed E-state index contributed by atoms with van der Waals surface area (Å²) in [7, 11) is 3.04. The van der Waals surface area contributed by atoms with Crippen LogP contribution in [0.5, 0.6) is 0 Å². The van der Waals surface area contributed by atoms with Gasteiger partial charge in [-0.05, 0) is 69.6 Å². The van der Waals surface area contributed by atoms with Crippen molar-refractivity contribution in [3.8, 4) is 0 Å². The number of hydrogen-bond donors (Lipinski definition) is 1. The van der Waals surface area contributed by atoms with Gasteiger partial charge in [0.2, 0.25) is 0 Å². The van der Waals surface area contributed by atoms with E-state index in [4.69, 9.17) is 4.74 Å². The lowest BCUT2D eigenvalue weighted by Gasteiger charge is -2.39. The number of benzene rings is 1. The number of hydrogen-bond acceptors (Lipinski definition) is 6. The second kappa shape index (κ2) is 13.2. The summed E-state index contributed by atoms with van der Waals surface area (Å²) in [5.41, 5.74) is 0.946. The van der Waals surface area contributed by atoms with Crippen LogP contribution in [-0.2, 0) is 20.5 Å². The molecule has 10 heteroatoms. The van der Waals surface area contributed by atoms with Crippen LogP contribution in [0, 0.1) is 0 Å². The first-order chi connectivity index (χ1) is 19.1. The zero-order chi connectivity index (χ0) is 28.9. The smallest absolute Gasteiger partial charge is 0.416 e. The third-order valence-electron chi connectivity index (χ3n) is 8.44. The highest BCUT2D eigenvalue weighted by molar-refractivity contribution is 5.99. The number of carbonyl (C=O) groups is 2. The molecule has 1 N–H and O–H groups in total. The number of halogens is 3. The summed E-state index contributed by atoms with van der Waals surface area (Å²) in [6.07, 6.45) is 3.21. The standard InChI is InChI=1S/C30H40F3N3O4/c1-34-23(13-19-35-15-5-3-6-16-35)26(28(37)38)25(21-9-11-22(12-10-21)30(31,32)33)27(29(39)40-2)24(34)14-20-36-17-7-4-8-18-36/h9-12,25H,3-8,13-20H2,1-2H3,(H,37,38). The minimum absolute atomic E-state index is 0.0152. The second-order valence-corrected chi connectivity index (χ2v) is 10.9. The van der Waals surface area contributed by atoms with Crippen molar-refractivity contribution in [1.29, 1.82) is 0 Å². The van der Waals surface area contributed by atoms with Crippen molar-refractivity contribution in [2.45, 2.75) is 63.5 Å². The predicted octanol–water partition coefficient (Wildman–Crippen LogP) is 5.25. The summed E-state index contributed by atoms with van der Waals surface area (Å²) in [6, 6.07) is 4.47. The number of methoxy groups -OCH3 is 1. The molecule has 0 aliphatic carbocycles. The molecular formula is C30H40F3N3O4. The van der Waals surface area contributed by atoms with Gasteiger partial charge in [0.05, 0.1) is 29.7 Å². The van der Waals surface area contributed by atoms with Crippen LogP contribution in [0.4, 0.5) is 13.2 Å². The van der Waals surface area contributed by atoms with Gasteiger partial charge < -0.3 is 24.5 Å². The van der Waals surface area contributed by atoms with Gasteiger partial charge in [-0.1, -0.05) is 25.0 Å². The van der Waals surface area contributed by atoms with E-state index in [0.29, 0.717) is 42.9 Å². The fourth-order valence-electron chi connectivity index (χ4n) is 6.29. The van der Waals surface area contributed by atoms with Crippen LogP contribution in [0.2, 0.25) is 0 Å². The Morgan fingerprint density at radius 3 is 1.75 bits per heavy atom. The molecule has 1 aromatic carbocycles. The Kier molecular flexibility index (Phi) is 9.94. The summed E-state index contributed by atoms with van der Waals surface area (Å²) in [5.74, 6) is -2.91. The Bertz CT molecular complexity index is 1120. The number of aliphatic carboxylic acids is 1. The quantitative estimate of drug-likeness (QED) is 0.412. The maximum absolute atomic E-state index is 13.4. The zero-order valence-electron chi connectivity index (χ0n) is 23.4. The molecule has 3 heterocycles. The fourth-order valence-corrected chi connectivity index (χ4v) is 6.29. The highest BCUT2D eigenvalue weighted by Gasteiger charge is 2.41. The Morgan fingerprint density at radius 1 is 0.850 bits per heavy atom. The van der Waals surface area contributed by atoms with Crippen LogP contribution in [0.1, 0.15) is 68.4 Å². The Hall–Kier alpha value is -2.85. The molecule has 0 bridgehead atoms. The molecule has 4 rings (SSSR count). The zero-order valence-corrected chi connectivity index (χ0v) is 23.4. The van der Waals surface area contributed by atoms with Crippen molar-refractivity contribution in [2.24, 2.45) is 0 Å². The number of alkyl halides is 3. The number of nitrogens with zero attached hydrogens (tertiary/aromatic N) is 3. The van der Waals surface area contributed by atoms with E-state index >= 15 is 0 Å². The normalized spacial score (nSPS) is 21.6. The summed E-state index contributed by atoms with van der Waals surface area (Å²) < 4.78 is 45.2. The van der Waals surface area contributed by atoms with Gasteiger partial charge in [-0.25, -0.2) is 9.59 Å². The van der Waals surface area contributed by atoms with Crippen LogP contribution in [0.3, 0.4) is 0 Å². The molecule has 3 aliphatic heterocycles. The van der Waals surface area contributed by atoms with Gasteiger partial charge in [0, 0.05) is 44.4 Å². The van der Waals surface area contributed by atoms with Crippen LogP contribution < -0.4 is 0 Å². The lowest BCUT2D eigenvalue weighted by Crippen LogP contribution is -2.38. The topological polar surface area (TPSA) is 73.3 Å². The molecule has 7 nitrogen and oxygen atoms in total. The largest absolute Gasteiger partial charge is 0.478 e. The molecule has 1 unspecified atom stereocenters. The van der Waals surface area contributed by atoms with Crippen molar-refractivity contribution >= 4 is 11.9 Å². The number of carboxylic acids is 1. The summed E-state index contributed by atoms with van der Waals surface area (Å²) in [4.78, 5) is 32.7. The molecule has 2 fully saturated rings. The molecule has 1 atom stereocenters. The van der Waals surface area contributed by atoms with E-state index in [-0.39, 0.29) is 11.1 Å². The van der Waals surface area contributed by atoms with E-state index in [1.807, 2.05) is 4.90 Å². The molecule has 1 aromatic rings. The second-order valence-electron chi connectivity index (χ2n) is 10.9. The lowest BCUT2D eigenvalue weighted by atomic mass is 9.78.